The summed E-state index contributed by atoms with van der Waals surface area (Å²) < 4.78 is 32.9. The van der Waals surface area contributed by atoms with E-state index < -0.39 is 32.5 Å². The molecule has 0 saturated carbocycles. The van der Waals surface area contributed by atoms with Crippen LogP contribution in [-0.2, 0) is 32.7 Å². The fraction of sp³-hybridized carbons (Fsp3) is 0.683. The van der Waals surface area contributed by atoms with E-state index in [1.807, 2.05) is 6.08 Å². The molecule has 10 heteroatoms. The van der Waals surface area contributed by atoms with Crippen LogP contribution in [0.4, 0.5) is 0 Å². The van der Waals surface area contributed by atoms with Gasteiger partial charge in [-0.3, -0.25) is 18.6 Å². The summed E-state index contributed by atoms with van der Waals surface area (Å²) in [7, 11) is -4.41. The molecule has 2 atom stereocenters. The molecule has 0 radical (unpaired) electrons. The maximum atomic E-state index is 12.6. The molecule has 0 aliphatic rings. The van der Waals surface area contributed by atoms with E-state index >= 15 is 0 Å². The summed E-state index contributed by atoms with van der Waals surface area (Å²) in [4.78, 5) is 35.1. The molecule has 3 N–H and O–H groups in total. The molecule has 9 nitrogen and oxygen atoms in total. The summed E-state index contributed by atoms with van der Waals surface area (Å²) in [5, 5.41) is 0. The smallest absolute Gasteiger partial charge is 0.462 e. The highest BCUT2D eigenvalue weighted by Crippen LogP contribution is 2.43. The largest absolute Gasteiger partial charge is 0.472 e. The van der Waals surface area contributed by atoms with Gasteiger partial charge in [-0.1, -0.05) is 252 Å². The first-order valence-corrected chi connectivity index (χ1v) is 30.9. The number of nitrogens with two attached hydrogens (primary N) is 1. The molecule has 0 aromatic heterocycles. The minimum Gasteiger partial charge on any atom is -0.462 e. The lowest BCUT2D eigenvalue weighted by Crippen LogP contribution is -2.29. The molecule has 0 spiro atoms. The van der Waals surface area contributed by atoms with Crippen LogP contribution in [0.25, 0.3) is 0 Å². The Labute approximate surface area is 448 Å². The van der Waals surface area contributed by atoms with Gasteiger partial charge < -0.3 is 20.1 Å². The lowest BCUT2D eigenvalue weighted by Gasteiger charge is -2.19. The van der Waals surface area contributed by atoms with Crippen LogP contribution in [0.2, 0.25) is 0 Å². The van der Waals surface area contributed by atoms with Crippen molar-refractivity contribution in [2.24, 2.45) is 5.73 Å². The van der Waals surface area contributed by atoms with Crippen LogP contribution in [0.1, 0.15) is 245 Å². The Balaban J connectivity index is 3.89. The van der Waals surface area contributed by atoms with E-state index in [2.05, 4.69) is 117 Å². The molecule has 0 rings (SSSR count). The van der Waals surface area contributed by atoms with E-state index in [0.717, 1.165) is 77.0 Å². The zero-order chi connectivity index (χ0) is 53.1. The number of carbonyl (C=O) groups excluding carboxylic acids is 2. The van der Waals surface area contributed by atoms with Gasteiger partial charge in [0.05, 0.1) is 13.2 Å². The molecular weight excluding hydrogens is 930 g/mol. The highest BCUT2D eigenvalue weighted by molar-refractivity contribution is 7.47. The van der Waals surface area contributed by atoms with Crippen LogP contribution >= 0.6 is 7.82 Å². The van der Waals surface area contributed by atoms with Crippen molar-refractivity contribution in [3.8, 4) is 0 Å². The van der Waals surface area contributed by atoms with Gasteiger partial charge in [-0.25, -0.2) is 4.57 Å². The summed E-state index contributed by atoms with van der Waals surface area (Å²) >= 11 is 0. The Hall–Kier alpha value is -3.33. The number of allylic oxidation sites excluding steroid dienone is 18. The second-order valence-corrected chi connectivity index (χ2v) is 20.6. The van der Waals surface area contributed by atoms with Crippen LogP contribution in [0.5, 0.6) is 0 Å². The van der Waals surface area contributed by atoms with Gasteiger partial charge in [-0.15, -0.1) is 0 Å². The third-order valence-electron chi connectivity index (χ3n) is 12.2. The van der Waals surface area contributed by atoms with Gasteiger partial charge in [0.25, 0.3) is 0 Å². The van der Waals surface area contributed by atoms with Crippen molar-refractivity contribution in [3.05, 3.63) is 109 Å². The lowest BCUT2D eigenvalue weighted by atomic mass is 10.0. The number of rotatable bonds is 54. The lowest BCUT2D eigenvalue weighted by molar-refractivity contribution is -0.161. The normalized spacial score (nSPS) is 13.9. The Kier molecular flexibility index (Phi) is 55.3. The molecule has 0 aliphatic heterocycles. The molecule has 0 fully saturated rings. The average molecular weight is 1040 g/mol. The molecule has 0 bridgehead atoms. The number of phosphoric ester groups is 1. The van der Waals surface area contributed by atoms with Gasteiger partial charge in [0.1, 0.15) is 6.61 Å². The number of phosphoric acid groups is 1. The summed E-state index contributed by atoms with van der Waals surface area (Å²) in [5.74, 6) is -0.895. The standard InChI is InChI=1S/C63H108NO8P/c1-3-5-7-9-11-13-15-17-19-21-22-23-24-25-26-27-28-29-30-31-32-33-34-35-36-37-38-40-41-43-45-47-49-51-53-55-62(65)69-59-61(60-71-73(67,68)70-58-57-64)72-63(66)56-54-52-50-48-46-44-42-39-20-18-16-14-12-10-8-6-4-2/h5-8,11-14,17-20,22-23,42,44,48,50,61H,3-4,9-10,15-16,21,24-41,43,45-47,49,51-60,64H2,1-2H3,(H,67,68)/b7-5-,8-6-,13-11-,14-12-,19-17-,20-18-,23-22-,44-42-,50-48-. The van der Waals surface area contributed by atoms with Crippen LogP contribution in [-0.4, -0.2) is 49.3 Å². The van der Waals surface area contributed by atoms with Crippen LogP contribution < -0.4 is 5.73 Å². The second kappa shape index (κ2) is 57.9. The molecule has 0 heterocycles. The molecule has 0 aliphatic carbocycles. The second-order valence-electron chi connectivity index (χ2n) is 19.1. The van der Waals surface area contributed by atoms with Gasteiger partial charge >= 0.3 is 19.8 Å². The van der Waals surface area contributed by atoms with E-state index in [0.29, 0.717) is 12.8 Å². The number of ether oxygens (including phenoxy) is 2. The van der Waals surface area contributed by atoms with E-state index in [4.69, 9.17) is 24.3 Å². The fourth-order valence-electron chi connectivity index (χ4n) is 7.90. The molecule has 0 aromatic carbocycles. The number of unbranched alkanes of at least 4 members (excludes halogenated alkanes) is 23. The highest BCUT2D eigenvalue weighted by Gasteiger charge is 2.26. The summed E-state index contributed by atoms with van der Waals surface area (Å²) in [6.45, 7) is 3.45. The Morgan fingerprint density at radius 2 is 0.726 bits per heavy atom. The zero-order valence-electron chi connectivity index (χ0n) is 46.6. The molecule has 73 heavy (non-hydrogen) atoms. The van der Waals surface area contributed by atoms with Crippen molar-refractivity contribution >= 4 is 19.8 Å². The van der Waals surface area contributed by atoms with Gasteiger partial charge in [0.2, 0.25) is 0 Å². The summed E-state index contributed by atoms with van der Waals surface area (Å²) in [6.07, 6.45) is 78.9. The first-order valence-electron chi connectivity index (χ1n) is 29.4. The average Bonchev–Trinajstić information content (AvgIpc) is 3.38. The summed E-state index contributed by atoms with van der Waals surface area (Å²) in [6, 6.07) is 0. The molecule has 0 amide bonds. The molecule has 2 unspecified atom stereocenters. The quantitative estimate of drug-likeness (QED) is 0.0264. The Morgan fingerprint density at radius 1 is 0.411 bits per heavy atom. The predicted molar refractivity (Wildman–Crippen MR) is 311 cm³/mol. The maximum Gasteiger partial charge on any atom is 0.472 e. The van der Waals surface area contributed by atoms with Crippen LogP contribution in [0.3, 0.4) is 0 Å². The first kappa shape index (κ1) is 69.7. The minimum absolute atomic E-state index is 0.0407. The van der Waals surface area contributed by atoms with Gasteiger partial charge in [-0.2, -0.15) is 0 Å². The van der Waals surface area contributed by atoms with Crippen molar-refractivity contribution in [1.29, 1.82) is 0 Å². The Morgan fingerprint density at radius 3 is 1.10 bits per heavy atom. The van der Waals surface area contributed by atoms with Crippen molar-refractivity contribution in [2.45, 2.75) is 251 Å². The molecule has 0 saturated heterocycles. The number of esters is 2. The van der Waals surface area contributed by atoms with E-state index in [1.54, 1.807) is 0 Å². The summed E-state index contributed by atoms with van der Waals surface area (Å²) in [5.41, 5.74) is 5.37. The predicted octanol–water partition coefficient (Wildman–Crippen LogP) is 18.6. The zero-order valence-corrected chi connectivity index (χ0v) is 47.5. The van der Waals surface area contributed by atoms with Crippen LogP contribution in [0, 0.1) is 0 Å². The SMILES string of the molecule is CC/C=C\C/C=C\C/C=C\C/C=C\C/C=C\CCCC(=O)OC(COC(=O)CCCCCCCCCCCCCCCCCCCCCCCC/C=C\C/C=C\C/C=C\C/C=C\CC)COP(=O)(O)OCCN. The van der Waals surface area contributed by atoms with Crippen molar-refractivity contribution < 1.29 is 37.6 Å². The van der Waals surface area contributed by atoms with Crippen molar-refractivity contribution in [3.63, 3.8) is 0 Å². The first-order chi connectivity index (χ1) is 35.8. The third kappa shape index (κ3) is 57.8. The minimum atomic E-state index is -4.41. The number of hydrogen-bond acceptors (Lipinski definition) is 8. The van der Waals surface area contributed by atoms with Gasteiger partial charge in [0, 0.05) is 19.4 Å². The highest BCUT2D eigenvalue weighted by atomic mass is 31.2. The third-order valence-corrected chi connectivity index (χ3v) is 13.1. The maximum absolute atomic E-state index is 12.6. The van der Waals surface area contributed by atoms with Crippen molar-refractivity contribution in [1.82, 2.24) is 0 Å². The Bertz CT molecular complexity index is 1560. The van der Waals surface area contributed by atoms with E-state index in [1.165, 1.54) is 128 Å². The molecule has 0 aromatic rings. The topological polar surface area (TPSA) is 134 Å². The number of carbonyl (C=O) groups is 2. The monoisotopic (exact) mass is 1040 g/mol. The molecule has 418 valence electrons. The van der Waals surface area contributed by atoms with E-state index in [-0.39, 0.29) is 32.6 Å². The van der Waals surface area contributed by atoms with Gasteiger partial charge in [0.15, 0.2) is 6.10 Å². The van der Waals surface area contributed by atoms with Gasteiger partial charge in [-0.05, 0) is 89.9 Å². The molecular formula is C63H108NO8P. The fourth-order valence-corrected chi connectivity index (χ4v) is 8.66. The van der Waals surface area contributed by atoms with Crippen LogP contribution in [0.15, 0.2) is 109 Å². The van der Waals surface area contributed by atoms with E-state index in [9.17, 15) is 19.0 Å². The van der Waals surface area contributed by atoms with Crippen molar-refractivity contribution in [2.75, 3.05) is 26.4 Å². The number of hydrogen-bond donors (Lipinski definition) is 2.